The number of carbonyl (C=O) groups is 2. The first-order chi connectivity index (χ1) is 18.6. The maximum Gasteiger partial charge on any atom is 0.264 e. The molecule has 9 nitrogen and oxygen atoms in total. The zero-order valence-corrected chi connectivity index (χ0v) is 23.1. The Kier molecular flexibility index (Phi) is 9.89. The number of hydrogen-bond donors (Lipinski definition) is 1. The van der Waals surface area contributed by atoms with Gasteiger partial charge in [0, 0.05) is 13.6 Å². The molecule has 1 N–H and O–H groups in total. The SMILES string of the molecule is CCOc1ccc(N(CC(=O)N(Cc2cccc(OC)c2)C(C)C(=O)NC)S(=O)(=O)c2ccc(F)cc2)cc1. The Bertz CT molecular complexity index is 1380. The van der Waals surface area contributed by atoms with Crippen LogP contribution in [-0.2, 0) is 26.2 Å². The van der Waals surface area contributed by atoms with Gasteiger partial charge in [0.1, 0.15) is 29.9 Å². The fraction of sp³-hybridized carbons (Fsp3) is 0.286. The lowest BCUT2D eigenvalue weighted by molar-refractivity contribution is -0.139. The molecule has 0 aliphatic heterocycles. The number of nitrogens with zero attached hydrogens (tertiary/aromatic N) is 2. The predicted octanol–water partition coefficient (Wildman–Crippen LogP) is 3.59. The lowest BCUT2D eigenvalue weighted by Gasteiger charge is -2.31. The first kappa shape index (κ1) is 29.4. The van der Waals surface area contributed by atoms with E-state index in [1.807, 2.05) is 6.92 Å². The standard InChI is InChI=1S/C28H32FN3O6S/c1-5-38-24-13-11-23(12-14-24)32(39(35,36)26-15-9-22(29)10-16-26)19-27(33)31(20(2)28(34)30-3)18-21-7-6-8-25(17-21)37-4/h6-17,20H,5,18-19H2,1-4H3,(H,30,34). The van der Waals surface area contributed by atoms with E-state index in [2.05, 4.69) is 5.32 Å². The highest BCUT2D eigenvalue weighted by Gasteiger charge is 2.32. The Morgan fingerprint density at radius 3 is 2.26 bits per heavy atom. The Morgan fingerprint density at radius 2 is 1.67 bits per heavy atom. The Balaban J connectivity index is 2.03. The van der Waals surface area contributed by atoms with Crippen molar-refractivity contribution >= 4 is 27.5 Å². The minimum Gasteiger partial charge on any atom is -0.497 e. The van der Waals surface area contributed by atoms with E-state index in [9.17, 15) is 22.4 Å². The second kappa shape index (κ2) is 13.1. The topological polar surface area (TPSA) is 105 Å². The predicted molar refractivity (Wildman–Crippen MR) is 146 cm³/mol. The number of likely N-dealkylation sites (N-methyl/N-ethyl adjacent to an activating group) is 1. The molecule has 0 radical (unpaired) electrons. The van der Waals surface area contributed by atoms with Crippen LogP contribution in [0.3, 0.4) is 0 Å². The van der Waals surface area contributed by atoms with E-state index in [1.54, 1.807) is 43.3 Å². The second-order valence-corrected chi connectivity index (χ2v) is 10.4. The zero-order chi connectivity index (χ0) is 28.6. The van der Waals surface area contributed by atoms with E-state index in [0.29, 0.717) is 23.7 Å². The largest absolute Gasteiger partial charge is 0.497 e. The molecule has 0 heterocycles. The molecular formula is C28H32FN3O6S. The van der Waals surface area contributed by atoms with Gasteiger partial charge in [0.2, 0.25) is 11.8 Å². The van der Waals surface area contributed by atoms with Crippen LogP contribution in [0.5, 0.6) is 11.5 Å². The van der Waals surface area contributed by atoms with E-state index in [-0.39, 0.29) is 17.1 Å². The summed E-state index contributed by atoms with van der Waals surface area (Å²) in [5.41, 5.74) is 0.887. The minimum atomic E-state index is -4.30. The molecule has 0 saturated heterocycles. The molecule has 208 valence electrons. The second-order valence-electron chi connectivity index (χ2n) is 8.56. The third kappa shape index (κ3) is 7.26. The number of amides is 2. The monoisotopic (exact) mass is 557 g/mol. The van der Waals surface area contributed by atoms with E-state index in [4.69, 9.17) is 9.47 Å². The van der Waals surface area contributed by atoms with Crippen LogP contribution in [0.1, 0.15) is 19.4 Å². The normalized spacial score (nSPS) is 11.8. The van der Waals surface area contributed by atoms with Gasteiger partial charge in [0.25, 0.3) is 10.0 Å². The van der Waals surface area contributed by atoms with Gasteiger partial charge in [-0.3, -0.25) is 13.9 Å². The number of ether oxygens (including phenoxy) is 2. The average molecular weight is 558 g/mol. The van der Waals surface area contributed by atoms with Crippen molar-refractivity contribution in [3.05, 3.63) is 84.2 Å². The van der Waals surface area contributed by atoms with Gasteiger partial charge in [-0.05, 0) is 80.1 Å². The molecule has 0 aromatic heterocycles. The van der Waals surface area contributed by atoms with Crippen LogP contribution >= 0.6 is 0 Å². The third-order valence-electron chi connectivity index (χ3n) is 6.02. The van der Waals surface area contributed by atoms with Crippen molar-refractivity contribution in [1.29, 1.82) is 0 Å². The molecular weight excluding hydrogens is 525 g/mol. The first-order valence-electron chi connectivity index (χ1n) is 12.3. The van der Waals surface area contributed by atoms with Crippen LogP contribution in [0, 0.1) is 5.82 Å². The highest BCUT2D eigenvalue weighted by molar-refractivity contribution is 7.92. The van der Waals surface area contributed by atoms with Crippen LogP contribution in [0.15, 0.2) is 77.7 Å². The van der Waals surface area contributed by atoms with E-state index < -0.39 is 40.2 Å². The molecule has 3 rings (SSSR count). The third-order valence-corrected chi connectivity index (χ3v) is 7.81. The van der Waals surface area contributed by atoms with Crippen molar-refractivity contribution in [3.63, 3.8) is 0 Å². The summed E-state index contributed by atoms with van der Waals surface area (Å²) in [6.45, 7) is 3.22. The Morgan fingerprint density at radius 1 is 1.00 bits per heavy atom. The first-order valence-corrected chi connectivity index (χ1v) is 13.7. The van der Waals surface area contributed by atoms with Crippen molar-refractivity contribution in [1.82, 2.24) is 10.2 Å². The van der Waals surface area contributed by atoms with Gasteiger partial charge >= 0.3 is 0 Å². The summed E-state index contributed by atoms with van der Waals surface area (Å²) in [5.74, 6) is -0.530. The van der Waals surface area contributed by atoms with Gasteiger partial charge in [-0.1, -0.05) is 12.1 Å². The molecule has 3 aromatic rings. The summed E-state index contributed by atoms with van der Waals surface area (Å²) in [7, 11) is -1.33. The van der Waals surface area contributed by atoms with Crippen LogP contribution in [0.4, 0.5) is 10.1 Å². The maximum absolute atomic E-state index is 13.8. The van der Waals surface area contributed by atoms with E-state index >= 15 is 0 Å². The average Bonchev–Trinajstić information content (AvgIpc) is 2.94. The molecule has 11 heteroatoms. The molecule has 0 bridgehead atoms. The molecule has 2 amide bonds. The smallest absolute Gasteiger partial charge is 0.264 e. The summed E-state index contributed by atoms with van der Waals surface area (Å²) in [6.07, 6.45) is 0. The summed E-state index contributed by atoms with van der Waals surface area (Å²) in [4.78, 5) is 27.4. The van der Waals surface area contributed by atoms with E-state index in [1.165, 1.54) is 31.2 Å². The highest BCUT2D eigenvalue weighted by Crippen LogP contribution is 2.27. The molecule has 0 saturated carbocycles. The summed E-state index contributed by atoms with van der Waals surface area (Å²) < 4.78 is 52.7. The van der Waals surface area contributed by atoms with Crippen molar-refractivity contribution in [2.24, 2.45) is 0 Å². The maximum atomic E-state index is 13.8. The van der Waals surface area contributed by atoms with Crippen molar-refractivity contribution < 1.29 is 31.9 Å². The molecule has 39 heavy (non-hydrogen) atoms. The van der Waals surface area contributed by atoms with E-state index in [0.717, 1.165) is 28.6 Å². The van der Waals surface area contributed by atoms with Crippen LogP contribution in [-0.4, -0.2) is 58.5 Å². The Hall–Kier alpha value is -4.12. The summed E-state index contributed by atoms with van der Waals surface area (Å²) in [5, 5.41) is 2.53. The number of benzene rings is 3. The van der Waals surface area contributed by atoms with Crippen molar-refractivity contribution in [2.45, 2.75) is 31.3 Å². The molecule has 0 aliphatic rings. The number of nitrogens with one attached hydrogen (secondary N) is 1. The van der Waals surface area contributed by atoms with Crippen LogP contribution in [0.25, 0.3) is 0 Å². The van der Waals surface area contributed by atoms with Gasteiger partial charge in [-0.2, -0.15) is 0 Å². The number of anilines is 1. The van der Waals surface area contributed by atoms with Crippen LogP contribution in [0.2, 0.25) is 0 Å². The van der Waals surface area contributed by atoms with Gasteiger partial charge in [0.15, 0.2) is 0 Å². The van der Waals surface area contributed by atoms with Gasteiger partial charge in [0.05, 0.1) is 24.3 Å². The number of hydrogen-bond acceptors (Lipinski definition) is 6. The molecule has 1 atom stereocenters. The number of methoxy groups -OCH3 is 1. The number of carbonyl (C=O) groups excluding carboxylic acids is 2. The van der Waals surface area contributed by atoms with Crippen molar-refractivity contribution in [3.8, 4) is 11.5 Å². The molecule has 0 spiro atoms. The van der Waals surface area contributed by atoms with Gasteiger partial charge < -0.3 is 19.7 Å². The Labute approximate surface area is 228 Å². The zero-order valence-electron chi connectivity index (χ0n) is 22.3. The lowest BCUT2D eigenvalue weighted by atomic mass is 10.1. The van der Waals surface area contributed by atoms with Crippen LogP contribution < -0.4 is 19.1 Å². The van der Waals surface area contributed by atoms with Crippen molar-refractivity contribution in [2.75, 3.05) is 31.6 Å². The number of halogens is 1. The summed E-state index contributed by atoms with van der Waals surface area (Å²) >= 11 is 0. The summed E-state index contributed by atoms with van der Waals surface area (Å²) in [6, 6.07) is 16.7. The number of sulfonamides is 1. The fourth-order valence-corrected chi connectivity index (χ4v) is 5.31. The highest BCUT2D eigenvalue weighted by atomic mass is 32.2. The molecule has 0 aliphatic carbocycles. The van der Waals surface area contributed by atoms with Gasteiger partial charge in [-0.15, -0.1) is 0 Å². The molecule has 1 unspecified atom stereocenters. The van der Waals surface area contributed by atoms with Gasteiger partial charge in [-0.25, -0.2) is 12.8 Å². The number of rotatable bonds is 12. The minimum absolute atomic E-state index is 0.0261. The molecule has 3 aromatic carbocycles. The molecule has 0 fully saturated rings. The fourth-order valence-electron chi connectivity index (χ4n) is 3.90. The quantitative estimate of drug-likeness (QED) is 0.365. The lowest BCUT2D eigenvalue weighted by Crippen LogP contribution is -2.50.